The van der Waals surface area contributed by atoms with Gasteiger partial charge in [0.15, 0.2) is 0 Å². The van der Waals surface area contributed by atoms with Crippen molar-refractivity contribution in [3.05, 3.63) is 17.0 Å². The van der Waals surface area contributed by atoms with Crippen LogP contribution in [0.2, 0.25) is 5.28 Å². The molecule has 0 aliphatic rings. The molecule has 0 fully saturated rings. The van der Waals surface area contributed by atoms with Gasteiger partial charge >= 0.3 is 5.97 Å². The second-order valence-corrected chi connectivity index (χ2v) is 8.35. The molecular weight excluding hydrogens is 394 g/mol. The van der Waals surface area contributed by atoms with Gasteiger partial charge in [0.2, 0.25) is 11.6 Å². The summed E-state index contributed by atoms with van der Waals surface area (Å²) in [6.07, 6.45) is 1.72. The van der Waals surface area contributed by atoms with Gasteiger partial charge in [0, 0.05) is 31.4 Å². The lowest BCUT2D eigenvalue weighted by molar-refractivity contribution is -0.155. The van der Waals surface area contributed by atoms with Gasteiger partial charge in [0.05, 0.1) is 5.56 Å². The number of nitrogens with one attached hydrogen (secondary N) is 1. The molecule has 0 atom stereocenters. The standard InChI is InChI=1S/C21H32ClN3O4/c1-8-27-17(28-9-2)11-10-15-14-23-19(22)24-18(15)25-21(6,7)13-12-16(26)29-20(3,4)5/h14,17H,8-9,12-13H2,1-7H3,(H,23,24,25). The molecule has 1 rings (SSSR count). The Kier molecular flexibility index (Phi) is 9.84. The Morgan fingerprint density at radius 3 is 2.38 bits per heavy atom. The van der Waals surface area contributed by atoms with Crippen LogP contribution in [0, 0.1) is 11.8 Å². The summed E-state index contributed by atoms with van der Waals surface area (Å²) in [5, 5.41) is 3.41. The lowest BCUT2D eigenvalue weighted by Gasteiger charge is -2.28. The fraction of sp³-hybridized carbons (Fsp3) is 0.667. The van der Waals surface area contributed by atoms with E-state index in [2.05, 4.69) is 27.1 Å². The molecule has 0 saturated carbocycles. The summed E-state index contributed by atoms with van der Waals surface area (Å²) >= 11 is 5.97. The Morgan fingerprint density at radius 1 is 1.21 bits per heavy atom. The zero-order valence-corrected chi connectivity index (χ0v) is 19.1. The van der Waals surface area contributed by atoms with Gasteiger partial charge in [-0.25, -0.2) is 4.98 Å². The number of anilines is 1. The SMILES string of the molecule is CCOC(C#Cc1cnc(Cl)nc1NC(C)(C)CCC(=O)OC(C)(C)C)OCC. The lowest BCUT2D eigenvalue weighted by Crippen LogP contribution is -2.33. The molecule has 0 aromatic carbocycles. The van der Waals surface area contributed by atoms with E-state index in [1.807, 2.05) is 48.5 Å². The smallest absolute Gasteiger partial charge is 0.306 e. The molecule has 8 heteroatoms. The van der Waals surface area contributed by atoms with Crippen LogP contribution in [0.3, 0.4) is 0 Å². The number of halogens is 1. The van der Waals surface area contributed by atoms with E-state index in [0.29, 0.717) is 31.0 Å². The van der Waals surface area contributed by atoms with Crippen LogP contribution in [-0.2, 0) is 19.0 Å². The second kappa shape index (κ2) is 11.3. The molecule has 0 radical (unpaired) electrons. The zero-order valence-electron chi connectivity index (χ0n) is 18.4. The average Bonchev–Trinajstić information content (AvgIpc) is 2.58. The number of carbonyl (C=O) groups excluding carboxylic acids is 1. The maximum atomic E-state index is 12.0. The van der Waals surface area contributed by atoms with Crippen molar-refractivity contribution < 1.29 is 19.0 Å². The number of hydrogen-bond donors (Lipinski definition) is 1. The van der Waals surface area contributed by atoms with Crippen LogP contribution < -0.4 is 5.32 Å². The predicted molar refractivity (Wildman–Crippen MR) is 114 cm³/mol. The van der Waals surface area contributed by atoms with Crippen molar-refractivity contribution in [2.24, 2.45) is 0 Å². The van der Waals surface area contributed by atoms with E-state index in [9.17, 15) is 4.79 Å². The Morgan fingerprint density at radius 2 is 1.83 bits per heavy atom. The lowest BCUT2D eigenvalue weighted by atomic mass is 9.98. The van der Waals surface area contributed by atoms with E-state index in [4.69, 9.17) is 25.8 Å². The number of nitrogens with zero attached hydrogens (tertiary/aromatic N) is 2. The van der Waals surface area contributed by atoms with Gasteiger partial charge < -0.3 is 19.5 Å². The number of hydrogen-bond acceptors (Lipinski definition) is 7. The fourth-order valence-corrected chi connectivity index (χ4v) is 2.44. The zero-order chi connectivity index (χ0) is 22.1. The van der Waals surface area contributed by atoms with Crippen molar-refractivity contribution in [2.45, 2.75) is 78.7 Å². The number of ether oxygens (including phenoxy) is 3. The molecular formula is C21H32ClN3O4. The van der Waals surface area contributed by atoms with Crippen molar-refractivity contribution in [3.63, 3.8) is 0 Å². The third-order valence-electron chi connectivity index (χ3n) is 3.55. The predicted octanol–water partition coefficient (Wildman–Crippen LogP) is 4.19. The van der Waals surface area contributed by atoms with Crippen LogP contribution in [-0.4, -0.2) is 46.6 Å². The maximum absolute atomic E-state index is 12.0. The average molecular weight is 426 g/mol. The summed E-state index contributed by atoms with van der Waals surface area (Å²) in [4.78, 5) is 20.3. The molecule has 0 amide bonds. The minimum Gasteiger partial charge on any atom is -0.460 e. The minimum atomic E-state index is -0.631. The van der Waals surface area contributed by atoms with Crippen LogP contribution in [0.15, 0.2) is 6.20 Å². The van der Waals surface area contributed by atoms with E-state index < -0.39 is 17.4 Å². The normalized spacial score (nSPS) is 11.8. The first kappa shape index (κ1) is 25.2. The van der Waals surface area contributed by atoms with Crippen molar-refractivity contribution in [1.29, 1.82) is 0 Å². The largest absolute Gasteiger partial charge is 0.460 e. The summed E-state index contributed by atoms with van der Waals surface area (Å²) in [7, 11) is 0. The molecule has 0 unspecified atom stereocenters. The topological polar surface area (TPSA) is 82.6 Å². The summed E-state index contributed by atoms with van der Waals surface area (Å²) in [6.45, 7) is 14.2. The first-order valence-corrected chi connectivity index (χ1v) is 10.1. The Bertz CT molecular complexity index is 730. The third kappa shape index (κ3) is 10.5. The minimum absolute atomic E-state index is 0.104. The van der Waals surface area contributed by atoms with Crippen molar-refractivity contribution >= 4 is 23.4 Å². The number of aromatic nitrogens is 2. The number of esters is 1. The van der Waals surface area contributed by atoms with Gasteiger partial charge in [0.1, 0.15) is 11.4 Å². The molecule has 0 spiro atoms. The summed E-state index contributed by atoms with van der Waals surface area (Å²) in [6, 6.07) is 0. The Hall–Kier alpha value is -1.88. The summed E-state index contributed by atoms with van der Waals surface area (Å²) < 4.78 is 16.3. The molecule has 1 aromatic rings. The van der Waals surface area contributed by atoms with Gasteiger partial charge in [-0.1, -0.05) is 5.92 Å². The van der Waals surface area contributed by atoms with Crippen LogP contribution in [0.4, 0.5) is 5.82 Å². The van der Waals surface area contributed by atoms with Crippen LogP contribution in [0.25, 0.3) is 0 Å². The van der Waals surface area contributed by atoms with Gasteiger partial charge in [-0.2, -0.15) is 4.98 Å². The first-order chi connectivity index (χ1) is 13.5. The third-order valence-corrected chi connectivity index (χ3v) is 3.73. The maximum Gasteiger partial charge on any atom is 0.306 e. The molecule has 29 heavy (non-hydrogen) atoms. The molecule has 1 heterocycles. The van der Waals surface area contributed by atoms with Gasteiger partial charge in [-0.15, -0.1) is 0 Å². The van der Waals surface area contributed by atoms with Crippen LogP contribution in [0.5, 0.6) is 0 Å². The highest BCUT2D eigenvalue weighted by Gasteiger charge is 2.23. The van der Waals surface area contributed by atoms with Crippen molar-refractivity contribution in [3.8, 4) is 11.8 Å². The molecule has 0 bridgehead atoms. The van der Waals surface area contributed by atoms with E-state index in [1.165, 1.54) is 0 Å². The van der Waals surface area contributed by atoms with E-state index in [-0.39, 0.29) is 17.7 Å². The highest BCUT2D eigenvalue weighted by Crippen LogP contribution is 2.22. The van der Waals surface area contributed by atoms with E-state index >= 15 is 0 Å². The number of carbonyl (C=O) groups is 1. The quantitative estimate of drug-likeness (QED) is 0.275. The number of rotatable bonds is 9. The highest BCUT2D eigenvalue weighted by molar-refractivity contribution is 6.28. The van der Waals surface area contributed by atoms with E-state index in [0.717, 1.165) is 0 Å². The first-order valence-electron chi connectivity index (χ1n) is 9.73. The van der Waals surface area contributed by atoms with Gasteiger partial charge in [-0.3, -0.25) is 4.79 Å². The monoisotopic (exact) mass is 425 g/mol. The van der Waals surface area contributed by atoms with Crippen LogP contribution in [0.1, 0.15) is 66.9 Å². The molecule has 0 saturated heterocycles. The highest BCUT2D eigenvalue weighted by atomic mass is 35.5. The second-order valence-electron chi connectivity index (χ2n) is 8.01. The molecule has 1 aromatic heterocycles. The fourth-order valence-electron chi connectivity index (χ4n) is 2.31. The van der Waals surface area contributed by atoms with Gasteiger partial charge in [-0.05, 0) is 72.4 Å². The summed E-state index contributed by atoms with van der Waals surface area (Å²) in [5.74, 6) is 6.16. The van der Waals surface area contributed by atoms with Gasteiger partial charge in [0.25, 0.3) is 0 Å². The molecule has 162 valence electrons. The Labute approximate surface area is 178 Å². The molecule has 7 nitrogen and oxygen atoms in total. The van der Waals surface area contributed by atoms with Crippen LogP contribution >= 0.6 is 11.6 Å². The van der Waals surface area contributed by atoms with E-state index in [1.54, 1.807) is 6.20 Å². The van der Waals surface area contributed by atoms with Crippen molar-refractivity contribution in [2.75, 3.05) is 18.5 Å². The molecule has 0 aliphatic carbocycles. The summed E-state index contributed by atoms with van der Waals surface area (Å²) in [5.41, 5.74) is -0.399. The van der Waals surface area contributed by atoms with Crippen molar-refractivity contribution in [1.82, 2.24) is 9.97 Å². The Balaban J connectivity index is 2.92. The molecule has 1 N–H and O–H groups in total. The molecule has 0 aliphatic heterocycles.